The van der Waals surface area contributed by atoms with Gasteiger partial charge < -0.3 is 9.47 Å². The van der Waals surface area contributed by atoms with E-state index in [4.69, 9.17) is 9.47 Å². The van der Waals surface area contributed by atoms with Crippen molar-refractivity contribution in [1.29, 1.82) is 0 Å². The van der Waals surface area contributed by atoms with Gasteiger partial charge in [-0.1, -0.05) is 233 Å². The maximum Gasteiger partial charge on any atom is 0.154 e. The van der Waals surface area contributed by atoms with Gasteiger partial charge >= 0.3 is 0 Å². The van der Waals surface area contributed by atoms with Crippen LogP contribution in [0.15, 0.2) is 195 Å². The minimum Gasteiger partial charge on any atom is -0.353 e. The zero-order chi connectivity index (χ0) is 70.1. The van der Waals surface area contributed by atoms with Crippen LogP contribution in [0, 0.1) is 122 Å². The van der Waals surface area contributed by atoms with Gasteiger partial charge in [0.05, 0.1) is 24.6 Å². The topological polar surface area (TPSA) is 82.9 Å². The molecular weight excluding hydrogens is 1170 g/mol. The quantitative estimate of drug-likeness (QED) is 0.150. The molecule has 3 aliphatic rings. The Morgan fingerprint density at radius 1 is 0.333 bits per heavy atom. The van der Waals surface area contributed by atoms with Crippen molar-refractivity contribution in [2.24, 2.45) is 17.8 Å². The lowest BCUT2D eigenvalue weighted by atomic mass is 9.82. The van der Waals surface area contributed by atoms with Gasteiger partial charge in [0.25, 0.3) is 0 Å². The molecule has 14 rings (SSSR count). The van der Waals surface area contributed by atoms with Gasteiger partial charge in [0.1, 0.15) is 5.82 Å². The predicted octanol–water partition coefficient (Wildman–Crippen LogP) is 24.3. The molecule has 1 atom stereocenters. The smallest absolute Gasteiger partial charge is 0.154 e. The highest BCUT2D eigenvalue weighted by atomic mass is 16.7. The van der Waals surface area contributed by atoms with Crippen LogP contribution in [0.2, 0.25) is 0 Å². The summed E-state index contributed by atoms with van der Waals surface area (Å²) in [6, 6.07) is 62.1. The van der Waals surface area contributed by atoms with Crippen molar-refractivity contribution < 1.29 is 12.3 Å². The molecule has 0 spiro atoms. The summed E-state index contributed by atoms with van der Waals surface area (Å²) in [5, 5.41) is 15.8. The van der Waals surface area contributed by atoms with Crippen LogP contribution in [0.5, 0.6) is 0 Å². The molecule has 0 amide bonds. The van der Waals surface area contributed by atoms with E-state index in [0.717, 1.165) is 59.4 Å². The summed E-state index contributed by atoms with van der Waals surface area (Å²) in [5.74, 6) is 4.23. The van der Waals surface area contributed by atoms with Gasteiger partial charge in [-0.15, -0.1) is 0 Å². The van der Waals surface area contributed by atoms with Crippen molar-refractivity contribution in [1.82, 2.24) is 25.1 Å². The SMILES string of the molecule is CC1CCC(C)CC1.CC1COC(C)OC1.Cc1ccc(C)c2ccccc12.Cc1ccc(C)cc1.Cc1ccc(C)nc1.Cc1ccc(C)nn1.Cc1ccc2cc(C)ccc2c1.Cc1cccc2c(C)cccc12.Cc1cccc2c1CCCC2C.Cc1cnc(C)nc1.[HH].[HH]. The van der Waals surface area contributed by atoms with Crippen molar-refractivity contribution in [3.63, 3.8) is 0 Å². The molecule has 512 valence electrons. The number of rotatable bonds is 0. The number of nitrogens with zero attached hydrogens (tertiary/aromatic N) is 5. The Kier molecular flexibility index (Phi) is 34.1. The molecule has 0 N–H and O–H groups in total. The molecule has 8 aromatic carbocycles. The highest BCUT2D eigenvalue weighted by Gasteiger charge is 2.17. The molecule has 1 saturated heterocycles. The lowest BCUT2D eigenvalue weighted by Gasteiger charge is -2.24. The third-order valence-electron chi connectivity index (χ3n) is 17.6. The molecule has 1 aliphatic heterocycles. The maximum atomic E-state index is 5.17. The van der Waals surface area contributed by atoms with Gasteiger partial charge in [-0.2, -0.15) is 10.2 Å². The average molecular weight is 1290 g/mol. The minimum absolute atomic E-state index is 0. The predicted molar refractivity (Wildman–Crippen MR) is 417 cm³/mol. The van der Waals surface area contributed by atoms with Crippen LogP contribution in [0.4, 0.5) is 0 Å². The highest BCUT2D eigenvalue weighted by molar-refractivity contribution is 5.89. The first-order valence-electron chi connectivity index (χ1n) is 35.0. The number of benzene rings is 8. The fraction of sp³-hybridized carbons (Fsp3) is 0.382. The summed E-state index contributed by atoms with van der Waals surface area (Å²) in [5.41, 5.74) is 20.8. The van der Waals surface area contributed by atoms with Crippen LogP contribution in [0.1, 0.15) is 177 Å². The van der Waals surface area contributed by atoms with Gasteiger partial charge in [0.15, 0.2) is 6.29 Å². The number of fused-ring (bicyclic) bond motifs is 4. The Balaban J connectivity index is 0.000000284. The van der Waals surface area contributed by atoms with E-state index in [9.17, 15) is 0 Å². The maximum absolute atomic E-state index is 5.17. The summed E-state index contributed by atoms with van der Waals surface area (Å²) in [4.78, 5) is 12.0. The van der Waals surface area contributed by atoms with E-state index in [0.29, 0.717) is 5.92 Å². The molecule has 1 saturated carbocycles. The monoisotopic (exact) mass is 1290 g/mol. The van der Waals surface area contributed by atoms with Crippen LogP contribution >= 0.6 is 0 Å². The largest absolute Gasteiger partial charge is 0.353 e. The summed E-state index contributed by atoms with van der Waals surface area (Å²) in [6.45, 7) is 43.8. The van der Waals surface area contributed by atoms with E-state index in [1.54, 1.807) is 11.1 Å². The first-order chi connectivity index (χ1) is 45.8. The standard InChI is InChI=1S/C12H12.C12H16.2C12H12.C8H16.C8H10.C7H9N.2C6H8N2.C6H12O2.2H2/c1-9-3-5-12-8-10(2)4-6-11(12)7-9;2*1-9-5-3-8-12-10(2)6-4-7-11(9)12;1-9-7-8-10(2)12-6-4-3-5-11(9)12;2*1-7-3-5-8(2)6-4-7;1-6-3-4-7(2)8-5-6;1-5-3-7-6(2)8-4-5;1-5-3-4-6(2)8-7-5;1-5-3-7-6(2)8-4-5;;/h3-8H,1-2H3;3,5,8,10H,4,6-7H2,1-2H3;2*3-8H,1-2H3;7-8H,3-6H2,1-2H3;3-6H,1-2H3;3-5H,1-2H3;2*3-4H,1-2H3;5-6H,3-4H2,1-2H3;2*1H. The second-order valence-corrected chi connectivity index (χ2v) is 27.2. The fourth-order valence-corrected chi connectivity index (χ4v) is 11.2. The van der Waals surface area contributed by atoms with Crippen LogP contribution in [-0.2, 0) is 15.9 Å². The normalized spacial score (nSPS) is 16.4. The van der Waals surface area contributed by atoms with Crippen molar-refractivity contribution in [2.75, 3.05) is 13.2 Å². The lowest BCUT2D eigenvalue weighted by molar-refractivity contribution is -0.187. The second-order valence-electron chi connectivity index (χ2n) is 27.2. The summed E-state index contributed by atoms with van der Waals surface area (Å²) in [6.07, 6.45) is 15.4. The molecule has 7 heteroatoms. The number of hydrogen-bond donors (Lipinski definition) is 0. The van der Waals surface area contributed by atoms with Crippen LogP contribution < -0.4 is 0 Å². The van der Waals surface area contributed by atoms with Crippen molar-refractivity contribution in [2.45, 2.75) is 196 Å². The van der Waals surface area contributed by atoms with E-state index in [1.165, 1.54) is 133 Å². The van der Waals surface area contributed by atoms with E-state index in [-0.39, 0.29) is 9.14 Å². The zero-order valence-corrected chi connectivity index (χ0v) is 62.3. The third kappa shape index (κ3) is 29.0. The second kappa shape index (κ2) is 41.7. The first kappa shape index (κ1) is 78.5. The van der Waals surface area contributed by atoms with Gasteiger partial charge in [0, 0.05) is 33.1 Å². The van der Waals surface area contributed by atoms with E-state index in [2.05, 4.69) is 273 Å². The van der Waals surface area contributed by atoms with Crippen molar-refractivity contribution >= 4 is 32.3 Å². The Morgan fingerprint density at radius 3 is 1.11 bits per heavy atom. The summed E-state index contributed by atoms with van der Waals surface area (Å²) >= 11 is 0. The number of hydrogen-bond acceptors (Lipinski definition) is 7. The van der Waals surface area contributed by atoms with Gasteiger partial charge in [-0.3, -0.25) is 4.98 Å². The molecule has 7 nitrogen and oxygen atoms in total. The lowest BCUT2D eigenvalue weighted by Crippen LogP contribution is -2.27. The molecular formula is C89H119N5O2. The Labute approximate surface area is 583 Å². The van der Waals surface area contributed by atoms with Gasteiger partial charge in [0.2, 0.25) is 0 Å². The zero-order valence-electron chi connectivity index (χ0n) is 62.3. The van der Waals surface area contributed by atoms with Crippen LogP contribution in [0.3, 0.4) is 0 Å². The summed E-state index contributed by atoms with van der Waals surface area (Å²) in [7, 11) is 0. The Bertz CT molecular complexity index is 3550. The first-order valence-corrected chi connectivity index (χ1v) is 35.0. The van der Waals surface area contributed by atoms with Gasteiger partial charge in [-0.25, -0.2) is 9.97 Å². The Morgan fingerprint density at radius 2 is 0.719 bits per heavy atom. The molecule has 11 aromatic rings. The van der Waals surface area contributed by atoms with Crippen LogP contribution in [-0.4, -0.2) is 44.7 Å². The Hall–Kier alpha value is -8.23. The van der Waals surface area contributed by atoms with Gasteiger partial charge in [-0.05, 0) is 248 Å². The van der Waals surface area contributed by atoms with E-state index >= 15 is 0 Å². The van der Waals surface area contributed by atoms with E-state index < -0.39 is 0 Å². The molecule has 0 radical (unpaired) electrons. The molecule has 96 heavy (non-hydrogen) atoms. The van der Waals surface area contributed by atoms with E-state index in [1.807, 2.05) is 85.3 Å². The number of pyridine rings is 1. The molecule has 0 bridgehead atoms. The molecule has 2 fully saturated rings. The number of aromatic nitrogens is 5. The number of ether oxygens (including phenoxy) is 2. The average Bonchev–Trinajstić information content (AvgIpc) is 0.847. The van der Waals surface area contributed by atoms with Crippen molar-refractivity contribution in [3.05, 3.63) is 290 Å². The molecule has 4 heterocycles. The number of aryl methyl sites for hydroxylation is 15. The highest BCUT2D eigenvalue weighted by Crippen LogP contribution is 2.33. The third-order valence-corrected chi connectivity index (χ3v) is 17.6. The molecule has 1 unspecified atom stereocenters. The van der Waals surface area contributed by atoms with Crippen molar-refractivity contribution in [3.8, 4) is 0 Å². The fourth-order valence-electron chi connectivity index (χ4n) is 11.2. The summed E-state index contributed by atoms with van der Waals surface area (Å²) < 4.78 is 10.3. The molecule has 2 aliphatic carbocycles. The minimum atomic E-state index is 0. The van der Waals surface area contributed by atoms with Crippen LogP contribution in [0.25, 0.3) is 32.3 Å². The molecule has 3 aromatic heterocycles.